The second-order valence-electron chi connectivity index (χ2n) is 7.45. The van der Waals surface area contributed by atoms with E-state index in [9.17, 15) is 9.59 Å². The molecular weight excluding hydrogens is 394 g/mol. The molecule has 1 fully saturated rings. The van der Waals surface area contributed by atoms with Crippen molar-refractivity contribution in [1.82, 2.24) is 15.1 Å². The molecule has 8 heteroatoms. The van der Waals surface area contributed by atoms with E-state index in [1.165, 1.54) is 7.11 Å². The third-order valence-corrected chi connectivity index (χ3v) is 5.77. The zero-order valence-electron chi connectivity index (χ0n) is 16.9. The van der Waals surface area contributed by atoms with E-state index in [-0.39, 0.29) is 18.4 Å². The molecule has 0 atom stereocenters. The molecule has 1 aromatic carbocycles. The summed E-state index contributed by atoms with van der Waals surface area (Å²) in [6.07, 6.45) is 5.90. The van der Waals surface area contributed by atoms with Crippen LogP contribution in [0.4, 0.5) is 0 Å². The van der Waals surface area contributed by atoms with E-state index in [0.717, 1.165) is 16.8 Å². The largest absolute Gasteiger partial charge is 0.467 e. The van der Waals surface area contributed by atoms with Gasteiger partial charge in [0.2, 0.25) is 5.91 Å². The first kappa shape index (κ1) is 21.3. The minimum Gasteiger partial charge on any atom is -0.467 e. The van der Waals surface area contributed by atoms with Gasteiger partial charge in [0.15, 0.2) is 0 Å². The maximum absolute atomic E-state index is 12.9. The predicted octanol–water partition coefficient (Wildman–Crippen LogP) is 2.99. The number of amides is 1. The number of ether oxygens (including phenoxy) is 2. The number of benzene rings is 1. The highest BCUT2D eigenvalue weighted by Crippen LogP contribution is 2.31. The summed E-state index contributed by atoms with van der Waals surface area (Å²) in [5.41, 5.74) is 1.66. The Morgan fingerprint density at radius 2 is 2.03 bits per heavy atom. The summed E-state index contributed by atoms with van der Waals surface area (Å²) < 4.78 is 12.0. The molecule has 0 bridgehead atoms. The van der Waals surface area contributed by atoms with Crippen molar-refractivity contribution in [2.75, 3.05) is 14.2 Å². The van der Waals surface area contributed by atoms with Gasteiger partial charge in [0.1, 0.15) is 5.54 Å². The van der Waals surface area contributed by atoms with Crippen molar-refractivity contribution in [2.24, 2.45) is 0 Å². The van der Waals surface area contributed by atoms with Gasteiger partial charge in [-0.3, -0.25) is 4.79 Å². The number of aromatic nitrogens is 2. The molecule has 1 aliphatic rings. The molecule has 0 saturated heterocycles. The van der Waals surface area contributed by atoms with Gasteiger partial charge in [0.05, 0.1) is 36.5 Å². The van der Waals surface area contributed by atoms with Crippen LogP contribution in [0, 0.1) is 6.92 Å². The van der Waals surface area contributed by atoms with E-state index >= 15 is 0 Å². The topological polar surface area (TPSA) is 82.5 Å². The molecule has 1 heterocycles. The van der Waals surface area contributed by atoms with E-state index in [2.05, 4.69) is 10.4 Å². The molecule has 156 valence electrons. The Labute approximate surface area is 175 Å². The predicted molar refractivity (Wildman–Crippen MR) is 109 cm³/mol. The Morgan fingerprint density at radius 3 is 2.62 bits per heavy atom. The molecule has 0 radical (unpaired) electrons. The van der Waals surface area contributed by atoms with Crippen LogP contribution in [0.5, 0.6) is 0 Å². The number of esters is 1. The monoisotopic (exact) mass is 419 g/mol. The van der Waals surface area contributed by atoms with Crippen LogP contribution < -0.4 is 5.32 Å². The van der Waals surface area contributed by atoms with Crippen molar-refractivity contribution in [1.29, 1.82) is 0 Å². The molecular formula is C21H26ClN3O4. The van der Waals surface area contributed by atoms with Crippen molar-refractivity contribution < 1.29 is 19.1 Å². The molecule has 1 amide bonds. The van der Waals surface area contributed by atoms with Crippen LogP contribution in [-0.4, -0.2) is 47.5 Å². The Kier molecular flexibility index (Phi) is 6.59. The smallest absolute Gasteiger partial charge is 0.331 e. The first-order valence-corrected chi connectivity index (χ1v) is 9.97. The van der Waals surface area contributed by atoms with Crippen LogP contribution in [0.3, 0.4) is 0 Å². The lowest BCUT2D eigenvalue weighted by atomic mass is 9.80. The molecule has 7 nitrogen and oxygen atoms in total. The summed E-state index contributed by atoms with van der Waals surface area (Å²) in [5, 5.41) is 7.69. The van der Waals surface area contributed by atoms with Gasteiger partial charge in [-0.1, -0.05) is 17.7 Å². The van der Waals surface area contributed by atoms with Crippen molar-refractivity contribution in [3.05, 3.63) is 46.7 Å². The number of nitrogens with one attached hydrogen (secondary N) is 1. The van der Waals surface area contributed by atoms with E-state index < -0.39 is 11.5 Å². The van der Waals surface area contributed by atoms with Gasteiger partial charge >= 0.3 is 5.97 Å². The lowest BCUT2D eigenvalue weighted by Crippen LogP contribution is -2.57. The molecule has 1 aliphatic carbocycles. The first-order chi connectivity index (χ1) is 13.9. The number of aryl methyl sites for hydroxylation is 1. The Hall–Kier alpha value is -2.38. The first-order valence-electron chi connectivity index (χ1n) is 9.59. The number of carbonyl (C=O) groups is 2. The fourth-order valence-electron chi connectivity index (χ4n) is 3.81. The SMILES string of the molecule is COC(=O)C1(NC(=O)Cc2cc(-n3cc(Cl)cn3)ccc2C)CCC(OC)CC1. The quantitative estimate of drug-likeness (QED) is 0.728. The third kappa shape index (κ3) is 4.79. The van der Waals surface area contributed by atoms with Crippen LogP contribution in [-0.2, 0) is 25.5 Å². The lowest BCUT2D eigenvalue weighted by molar-refractivity contribution is -0.153. The van der Waals surface area contributed by atoms with E-state index in [1.54, 1.807) is 24.2 Å². The molecule has 0 aliphatic heterocycles. The van der Waals surface area contributed by atoms with Crippen molar-refractivity contribution >= 4 is 23.5 Å². The number of halogens is 1. The molecule has 1 N–H and O–H groups in total. The lowest BCUT2D eigenvalue weighted by Gasteiger charge is -2.38. The van der Waals surface area contributed by atoms with Crippen LogP contribution in [0.15, 0.2) is 30.6 Å². The third-order valence-electron chi connectivity index (χ3n) is 5.57. The Bertz CT molecular complexity index is 888. The van der Waals surface area contributed by atoms with Gasteiger partial charge in [0.25, 0.3) is 0 Å². The summed E-state index contributed by atoms with van der Waals surface area (Å²) in [7, 11) is 3.01. The van der Waals surface area contributed by atoms with Crippen LogP contribution in [0.1, 0.15) is 36.8 Å². The zero-order chi connectivity index (χ0) is 21.0. The average Bonchev–Trinajstić information content (AvgIpc) is 3.15. The highest BCUT2D eigenvalue weighted by Gasteiger charge is 2.44. The summed E-state index contributed by atoms with van der Waals surface area (Å²) in [6.45, 7) is 1.95. The van der Waals surface area contributed by atoms with E-state index in [4.69, 9.17) is 21.1 Å². The fraction of sp³-hybridized carbons (Fsp3) is 0.476. The number of hydrogen-bond acceptors (Lipinski definition) is 5. The van der Waals surface area contributed by atoms with Gasteiger partial charge in [-0.05, 0) is 55.9 Å². The van der Waals surface area contributed by atoms with Crippen LogP contribution >= 0.6 is 11.6 Å². The fourth-order valence-corrected chi connectivity index (χ4v) is 3.95. The second-order valence-corrected chi connectivity index (χ2v) is 7.88. The summed E-state index contributed by atoms with van der Waals surface area (Å²) in [5.74, 6) is -0.623. The zero-order valence-corrected chi connectivity index (χ0v) is 17.7. The van der Waals surface area contributed by atoms with Crippen molar-refractivity contribution in [3.63, 3.8) is 0 Å². The minimum atomic E-state index is -0.998. The number of carbonyl (C=O) groups excluding carboxylic acids is 2. The van der Waals surface area contributed by atoms with Crippen molar-refractivity contribution in [2.45, 2.75) is 50.7 Å². The normalized spacial score (nSPS) is 21.6. The molecule has 3 rings (SSSR count). The minimum absolute atomic E-state index is 0.101. The standard InChI is InChI=1S/C21H26ClN3O4/c1-14-4-5-17(25-13-16(22)12-23-25)10-15(14)11-19(26)24-21(20(27)29-3)8-6-18(28-2)7-9-21/h4-5,10,12-13,18H,6-9,11H2,1-3H3,(H,24,26). The number of rotatable bonds is 6. The highest BCUT2D eigenvalue weighted by atomic mass is 35.5. The molecule has 0 unspecified atom stereocenters. The average molecular weight is 420 g/mol. The molecule has 0 spiro atoms. The van der Waals surface area contributed by atoms with Crippen LogP contribution in [0.25, 0.3) is 5.69 Å². The van der Waals surface area contributed by atoms with E-state index in [0.29, 0.717) is 30.7 Å². The molecule has 2 aromatic rings. The molecule has 1 aromatic heterocycles. The van der Waals surface area contributed by atoms with Gasteiger partial charge in [0, 0.05) is 13.3 Å². The Morgan fingerprint density at radius 1 is 1.31 bits per heavy atom. The van der Waals surface area contributed by atoms with Gasteiger partial charge in [-0.15, -0.1) is 0 Å². The van der Waals surface area contributed by atoms with Crippen molar-refractivity contribution in [3.8, 4) is 5.69 Å². The Balaban J connectivity index is 1.76. The van der Waals surface area contributed by atoms with Gasteiger partial charge < -0.3 is 14.8 Å². The van der Waals surface area contributed by atoms with Gasteiger partial charge in [-0.25, -0.2) is 9.48 Å². The summed E-state index contributed by atoms with van der Waals surface area (Å²) in [4.78, 5) is 25.3. The number of methoxy groups -OCH3 is 2. The summed E-state index contributed by atoms with van der Waals surface area (Å²) in [6, 6.07) is 5.76. The molecule has 29 heavy (non-hydrogen) atoms. The molecule has 1 saturated carbocycles. The van der Waals surface area contributed by atoms with Gasteiger partial charge in [-0.2, -0.15) is 5.10 Å². The van der Waals surface area contributed by atoms with Crippen LogP contribution in [0.2, 0.25) is 5.02 Å². The maximum Gasteiger partial charge on any atom is 0.331 e. The second kappa shape index (κ2) is 8.97. The maximum atomic E-state index is 12.9. The number of nitrogens with zero attached hydrogens (tertiary/aromatic N) is 2. The number of hydrogen-bond donors (Lipinski definition) is 1. The highest BCUT2D eigenvalue weighted by molar-refractivity contribution is 6.30. The van der Waals surface area contributed by atoms with E-state index in [1.807, 2.05) is 25.1 Å². The summed E-state index contributed by atoms with van der Waals surface area (Å²) >= 11 is 5.95.